The fourth-order valence-electron chi connectivity index (χ4n) is 0.287. The van der Waals surface area contributed by atoms with Crippen LogP contribution in [0.4, 0.5) is 4.20 Å². The minimum absolute atomic E-state index is 0.421. The summed E-state index contributed by atoms with van der Waals surface area (Å²) >= 11 is 0. The van der Waals surface area contributed by atoms with E-state index in [0.717, 1.165) is 0 Å². The maximum absolute atomic E-state index is 11.8. The topological polar surface area (TPSA) is 26.3 Å². The Morgan fingerprint density at radius 3 is 2.12 bits per heavy atom. The average Bonchev–Trinajstić information content (AvgIpc) is 1.21. The summed E-state index contributed by atoms with van der Waals surface area (Å²) in [5, 5.41) is 0. The van der Waals surface area contributed by atoms with Crippen molar-refractivity contribution in [2.24, 2.45) is 0 Å². The summed E-state index contributed by atoms with van der Waals surface area (Å²) in [5.41, 5.74) is 0. The van der Waals surface area contributed by atoms with Gasteiger partial charge in [0, 0.05) is 0 Å². The van der Waals surface area contributed by atoms with E-state index in [9.17, 15) is 8.76 Å². The van der Waals surface area contributed by atoms with Crippen molar-refractivity contribution in [3.63, 3.8) is 0 Å². The van der Waals surface area contributed by atoms with E-state index in [4.69, 9.17) is 0 Å². The fraction of sp³-hybridized carbons (Fsp3) is 1.00. The van der Waals surface area contributed by atoms with E-state index < -0.39 is 14.5 Å². The molecule has 0 aliphatic rings. The van der Waals surface area contributed by atoms with Gasteiger partial charge in [0.05, 0.1) is 0 Å². The third kappa shape index (κ3) is 6.25. The predicted octanol–water partition coefficient (Wildman–Crippen LogP) is 1.50. The number of hydrogen-bond acceptors (Lipinski definition) is 2. The molecule has 0 aromatic heterocycles. The summed E-state index contributed by atoms with van der Waals surface area (Å²) in [6, 6.07) is 0. The highest BCUT2D eigenvalue weighted by molar-refractivity contribution is 7.79. The van der Waals surface area contributed by atoms with Crippen LogP contribution >= 0.6 is 7.56 Å². The highest BCUT2D eigenvalue weighted by atomic mass is 31.2. The Morgan fingerprint density at radius 1 is 1.75 bits per heavy atom. The molecule has 0 spiro atoms. The van der Waals surface area contributed by atoms with E-state index in [-0.39, 0.29) is 0 Å². The summed E-state index contributed by atoms with van der Waals surface area (Å²) in [6.45, 7) is 2.69. The minimum Gasteiger partial charge on any atom is -0.376 e. The first kappa shape index (κ1) is 8.25. The smallest absolute Gasteiger partial charge is 0.297 e. The van der Waals surface area contributed by atoms with Crippen molar-refractivity contribution in [2.45, 2.75) is 13.6 Å². The zero-order chi connectivity index (χ0) is 6.78. The second-order valence-electron chi connectivity index (χ2n) is 1.68. The van der Waals surface area contributed by atoms with Gasteiger partial charge in [-0.1, -0.05) is 13.6 Å². The van der Waals surface area contributed by atoms with Gasteiger partial charge in [-0.2, -0.15) is 4.20 Å². The van der Waals surface area contributed by atoms with Gasteiger partial charge in [-0.15, -0.1) is 0 Å². The molecule has 44 valence electrons. The van der Waals surface area contributed by atoms with Crippen molar-refractivity contribution >= 4 is 22.0 Å². The molecule has 0 N–H and O–H groups in total. The zero-order valence-electron chi connectivity index (χ0n) is 4.80. The lowest BCUT2D eigenvalue weighted by molar-refractivity contribution is 0.462. The van der Waals surface area contributed by atoms with E-state index in [1.54, 1.807) is 13.6 Å². The Kier molecular flexibility index (Phi) is 2.78. The van der Waals surface area contributed by atoms with Crippen LogP contribution in [0.15, 0.2) is 0 Å². The third-order valence-corrected chi connectivity index (χ3v) is 1.06. The second-order valence-corrected chi connectivity index (χ2v) is 2.93. The molecular formula is C2H6B2FO2P. The fourth-order valence-corrected chi connectivity index (χ4v) is 0.862. The van der Waals surface area contributed by atoms with Gasteiger partial charge in [0.1, 0.15) is 0 Å². The van der Waals surface area contributed by atoms with Crippen LogP contribution < -0.4 is 0 Å². The van der Waals surface area contributed by atoms with Crippen LogP contribution in [-0.4, -0.2) is 14.5 Å². The minimum atomic E-state index is -4.22. The van der Waals surface area contributed by atoms with Crippen LogP contribution in [-0.2, 0) is 9.01 Å². The molecule has 1 atom stereocenters. The monoisotopic (exact) mass is 134 g/mol. The van der Waals surface area contributed by atoms with E-state index in [1.165, 1.54) is 0 Å². The Morgan fingerprint density at radius 2 is 2.12 bits per heavy atom. The van der Waals surface area contributed by atoms with Crippen molar-refractivity contribution < 1.29 is 13.2 Å². The summed E-state index contributed by atoms with van der Waals surface area (Å²) in [4.78, 5) is 0. The average molecular weight is 134 g/mol. The molecule has 1 unspecified atom stereocenters. The van der Waals surface area contributed by atoms with Crippen molar-refractivity contribution in [1.82, 2.24) is 0 Å². The maximum atomic E-state index is 11.8. The van der Waals surface area contributed by atoms with E-state index >= 15 is 0 Å². The largest absolute Gasteiger partial charge is 0.376 e. The number of hydrogen-bond donors (Lipinski definition) is 0. The van der Waals surface area contributed by atoms with Gasteiger partial charge in [0.25, 0.3) is 14.5 Å². The normalized spacial score (nSPS) is 17.4. The van der Waals surface area contributed by atoms with Gasteiger partial charge in [0.2, 0.25) is 7.57 Å². The van der Waals surface area contributed by atoms with Crippen LogP contribution in [0.5, 0.6) is 0 Å². The molecule has 8 heavy (non-hydrogen) atoms. The molecule has 0 saturated heterocycles. The van der Waals surface area contributed by atoms with Crippen LogP contribution in [0.25, 0.3) is 0 Å². The Bertz CT molecular complexity index is 111. The predicted molar refractivity (Wildman–Crippen MR) is 33.0 cm³/mol. The Labute approximate surface area is 49.8 Å². The van der Waals surface area contributed by atoms with Crippen molar-refractivity contribution in [3.05, 3.63) is 0 Å². The molecule has 0 amide bonds. The van der Waals surface area contributed by atoms with Crippen molar-refractivity contribution in [3.8, 4) is 0 Å². The molecule has 0 heterocycles. The first-order valence-electron chi connectivity index (χ1n) is 2.18. The molecule has 2 radical (unpaired) electrons. The lowest BCUT2D eigenvalue weighted by Gasteiger charge is -2.04. The van der Waals surface area contributed by atoms with E-state index in [2.05, 4.69) is 12.0 Å². The van der Waals surface area contributed by atoms with Gasteiger partial charge < -0.3 is 4.44 Å². The standard InChI is InChI=1S/C2H6B2FO2P/c1-4(2)7-8(3,5)6/h1-2H3. The van der Waals surface area contributed by atoms with E-state index in [0.29, 0.717) is 0 Å². The van der Waals surface area contributed by atoms with Crippen molar-refractivity contribution in [1.29, 1.82) is 0 Å². The molecule has 0 bridgehead atoms. The number of rotatable bonds is 2. The highest BCUT2D eigenvalue weighted by Crippen LogP contribution is 2.43. The van der Waals surface area contributed by atoms with Gasteiger partial charge >= 0.3 is 0 Å². The Balaban J connectivity index is 3.56. The Hall–Kier alpha value is 0.250. The molecule has 0 rings (SSSR count). The van der Waals surface area contributed by atoms with Crippen molar-refractivity contribution in [2.75, 3.05) is 0 Å². The molecule has 0 fully saturated rings. The van der Waals surface area contributed by atoms with Gasteiger partial charge in [-0.25, -0.2) is 0 Å². The molecular weight excluding hydrogens is 128 g/mol. The summed E-state index contributed by atoms with van der Waals surface area (Å²) in [5.74, 6) is 0. The lowest BCUT2D eigenvalue weighted by atomic mass is 9.76. The SMILES string of the molecule is [B]P(=O)(F)OB(C)C. The maximum Gasteiger partial charge on any atom is 0.297 e. The summed E-state index contributed by atoms with van der Waals surface area (Å²) in [7, 11) is 0.181. The molecule has 0 aliphatic heterocycles. The molecule has 0 aromatic carbocycles. The first-order chi connectivity index (χ1) is 3.42. The molecule has 0 aliphatic carbocycles. The molecule has 6 heteroatoms. The second kappa shape index (κ2) is 2.70. The highest BCUT2D eigenvalue weighted by Gasteiger charge is 2.15. The van der Waals surface area contributed by atoms with Crippen LogP contribution in [0, 0.1) is 0 Å². The van der Waals surface area contributed by atoms with E-state index in [1.807, 2.05) is 0 Å². The molecule has 0 saturated carbocycles. The van der Waals surface area contributed by atoms with Gasteiger partial charge in [0.15, 0.2) is 0 Å². The zero-order valence-corrected chi connectivity index (χ0v) is 5.69. The van der Waals surface area contributed by atoms with Gasteiger partial charge in [-0.3, -0.25) is 4.57 Å². The first-order valence-corrected chi connectivity index (χ1v) is 3.77. The van der Waals surface area contributed by atoms with Crippen LogP contribution in [0.3, 0.4) is 0 Å². The molecule has 2 nitrogen and oxygen atoms in total. The van der Waals surface area contributed by atoms with Crippen LogP contribution in [0.1, 0.15) is 0 Å². The quantitative estimate of drug-likeness (QED) is 0.422. The third-order valence-electron chi connectivity index (χ3n) is 0.355. The van der Waals surface area contributed by atoms with Gasteiger partial charge in [-0.05, 0) is 0 Å². The number of halogens is 1. The summed E-state index contributed by atoms with van der Waals surface area (Å²) < 4.78 is 25.8. The lowest BCUT2D eigenvalue weighted by Crippen LogP contribution is -2.02. The summed E-state index contributed by atoms with van der Waals surface area (Å²) in [6.07, 6.45) is 0. The van der Waals surface area contributed by atoms with Crippen LogP contribution in [0.2, 0.25) is 13.6 Å². The molecule has 0 aromatic rings.